The summed E-state index contributed by atoms with van der Waals surface area (Å²) in [5.41, 5.74) is 9.91. The average molecular weight is 291 g/mol. The number of amides is 1. The fraction of sp³-hybridized carbons (Fsp3) is 0. The molecule has 0 atom stereocenters. The zero-order valence-electron chi connectivity index (χ0n) is 10.6. The highest BCUT2D eigenvalue weighted by atomic mass is 19.1. The molecule has 7 nitrogen and oxygen atoms in total. The first kappa shape index (κ1) is 14.3. The highest BCUT2D eigenvalue weighted by Gasteiger charge is 2.13. The van der Waals surface area contributed by atoms with E-state index in [1.165, 1.54) is 30.5 Å². The fourth-order valence-electron chi connectivity index (χ4n) is 1.45. The van der Waals surface area contributed by atoms with Crippen LogP contribution in [0, 0.1) is 5.82 Å². The van der Waals surface area contributed by atoms with E-state index in [-0.39, 0.29) is 22.9 Å². The first-order valence-corrected chi connectivity index (χ1v) is 5.66. The molecule has 0 aliphatic carbocycles. The van der Waals surface area contributed by atoms with E-state index in [0.717, 1.165) is 6.07 Å². The summed E-state index contributed by atoms with van der Waals surface area (Å²) in [6, 6.07) is 6.50. The van der Waals surface area contributed by atoms with E-state index < -0.39 is 17.9 Å². The maximum atomic E-state index is 13.0. The molecule has 1 aromatic carbocycles. The third-order valence-electron chi connectivity index (χ3n) is 2.34. The molecule has 0 bridgehead atoms. The van der Waals surface area contributed by atoms with Gasteiger partial charge in [-0.15, -0.1) is 0 Å². The second kappa shape index (κ2) is 5.87. The summed E-state index contributed by atoms with van der Waals surface area (Å²) in [7, 11) is 0. The molecule has 1 heterocycles. The molecule has 0 unspecified atom stereocenters. The molecule has 21 heavy (non-hydrogen) atoms. The molecule has 0 aliphatic heterocycles. The van der Waals surface area contributed by atoms with Crippen LogP contribution in [-0.4, -0.2) is 17.0 Å². The minimum Gasteiger partial charge on any atom is -0.457 e. The number of anilines is 1. The van der Waals surface area contributed by atoms with Gasteiger partial charge in [-0.05, 0) is 18.2 Å². The Morgan fingerprint density at radius 3 is 2.52 bits per heavy atom. The largest absolute Gasteiger partial charge is 0.457 e. The number of benzene rings is 1. The lowest BCUT2D eigenvalue weighted by Gasteiger charge is -2.07. The van der Waals surface area contributed by atoms with Crippen LogP contribution in [0.25, 0.3) is 0 Å². The molecule has 0 saturated heterocycles. The molecule has 2 rings (SSSR count). The number of primary amides is 1. The van der Waals surface area contributed by atoms with Crippen molar-refractivity contribution in [3.05, 3.63) is 48.0 Å². The van der Waals surface area contributed by atoms with Gasteiger partial charge in [0.05, 0.1) is 5.69 Å². The van der Waals surface area contributed by atoms with Gasteiger partial charge in [-0.1, -0.05) is 0 Å². The standard InChI is InChI=1S/C13H10FN3O4/c14-9-2-1-7(5-10(9)15)20-8-3-4-17-11(6-8)12(18)21-13(16)19/h1-6H,15H2,(H2,16,19). The molecule has 4 N–H and O–H groups in total. The molecule has 2 aromatic rings. The number of hydrogen-bond donors (Lipinski definition) is 2. The van der Waals surface area contributed by atoms with Crippen LogP contribution in [0.1, 0.15) is 10.5 Å². The van der Waals surface area contributed by atoms with Gasteiger partial charge >= 0.3 is 12.1 Å². The number of pyridine rings is 1. The van der Waals surface area contributed by atoms with Crippen LogP contribution < -0.4 is 16.2 Å². The first-order valence-electron chi connectivity index (χ1n) is 5.66. The maximum Gasteiger partial charge on any atom is 0.412 e. The second-order valence-electron chi connectivity index (χ2n) is 3.87. The number of ether oxygens (including phenoxy) is 2. The smallest absolute Gasteiger partial charge is 0.412 e. The Hall–Kier alpha value is -3.16. The normalized spacial score (nSPS) is 9.95. The van der Waals surface area contributed by atoms with Crippen molar-refractivity contribution in [2.45, 2.75) is 0 Å². The lowest BCUT2D eigenvalue weighted by Crippen LogP contribution is -2.19. The molecular weight excluding hydrogens is 281 g/mol. The number of nitrogens with two attached hydrogens (primary N) is 2. The zero-order chi connectivity index (χ0) is 15.4. The number of carbonyl (C=O) groups is 2. The van der Waals surface area contributed by atoms with Crippen molar-refractivity contribution in [3.8, 4) is 11.5 Å². The van der Waals surface area contributed by atoms with Crippen molar-refractivity contribution in [2.75, 3.05) is 5.73 Å². The Labute approximate surface area is 118 Å². The molecule has 0 aliphatic rings. The lowest BCUT2D eigenvalue weighted by atomic mass is 10.3. The van der Waals surface area contributed by atoms with Crippen LogP contribution in [0.3, 0.4) is 0 Å². The number of halogens is 1. The van der Waals surface area contributed by atoms with Crippen molar-refractivity contribution in [1.29, 1.82) is 0 Å². The maximum absolute atomic E-state index is 13.0. The average Bonchev–Trinajstić information content (AvgIpc) is 2.42. The van der Waals surface area contributed by atoms with Crippen LogP contribution in [-0.2, 0) is 4.74 Å². The monoisotopic (exact) mass is 291 g/mol. The fourth-order valence-corrected chi connectivity index (χ4v) is 1.45. The summed E-state index contributed by atoms with van der Waals surface area (Å²) in [5.74, 6) is -1.07. The number of hydrogen-bond acceptors (Lipinski definition) is 6. The molecule has 8 heteroatoms. The van der Waals surface area contributed by atoms with E-state index in [1.54, 1.807) is 0 Å². The number of nitrogen functional groups attached to an aromatic ring is 1. The summed E-state index contributed by atoms with van der Waals surface area (Å²) in [5, 5.41) is 0. The highest BCUT2D eigenvalue weighted by molar-refractivity contribution is 5.94. The van der Waals surface area contributed by atoms with Gasteiger partial charge in [-0.2, -0.15) is 0 Å². The van der Waals surface area contributed by atoms with Crippen LogP contribution in [0.15, 0.2) is 36.5 Å². The molecular formula is C13H10FN3O4. The third kappa shape index (κ3) is 3.66. The molecule has 0 fully saturated rings. The van der Waals surface area contributed by atoms with E-state index in [1.807, 2.05) is 0 Å². The van der Waals surface area contributed by atoms with Gasteiger partial charge in [0.2, 0.25) is 0 Å². The van der Waals surface area contributed by atoms with E-state index >= 15 is 0 Å². The third-order valence-corrected chi connectivity index (χ3v) is 2.34. The van der Waals surface area contributed by atoms with E-state index in [2.05, 4.69) is 9.72 Å². The Morgan fingerprint density at radius 1 is 1.14 bits per heavy atom. The topological polar surface area (TPSA) is 118 Å². The number of nitrogens with zero attached hydrogens (tertiary/aromatic N) is 1. The summed E-state index contributed by atoms with van der Waals surface area (Å²) < 4.78 is 22.6. The quantitative estimate of drug-likeness (QED) is 0.506. The lowest BCUT2D eigenvalue weighted by molar-refractivity contribution is 0.0631. The van der Waals surface area contributed by atoms with Gasteiger partial charge in [0.15, 0.2) is 5.69 Å². The SMILES string of the molecule is NC(=O)OC(=O)c1cc(Oc2ccc(F)c(N)c2)ccn1. The van der Waals surface area contributed by atoms with Crippen LogP contribution in [0.2, 0.25) is 0 Å². The van der Waals surface area contributed by atoms with Crippen molar-refractivity contribution in [2.24, 2.45) is 5.73 Å². The van der Waals surface area contributed by atoms with Gasteiger partial charge in [0.25, 0.3) is 0 Å². The van der Waals surface area contributed by atoms with E-state index in [4.69, 9.17) is 16.2 Å². The number of esters is 1. The molecule has 0 saturated carbocycles. The predicted octanol–water partition coefficient (Wildman–Crippen LogP) is 1.83. The summed E-state index contributed by atoms with van der Waals surface area (Å²) in [4.78, 5) is 25.7. The number of carbonyl (C=O) groups excluding carboxylic acids is 2. The Morgan fingerprint density at radius 2 is 1.86 bits per heavy atom. The molecule has 0 spiro atoms. The van der Waals surface area contributed by atoms with E-state index in [9.17, 15) is 14.0 Å². The Kier molecular flexibility index (Phi) is 3.98. The Bertz CT molecular complexity index is 706. The summed E-state index contributed by atoms with van der Waals surface area (Å²) in [6.07, 6.45) is 0.0409. The van der Waals surface area contributed by atoms with Crippen molar-refractivity contribution in [1.82, 2.24) is 4.98 Å². The highest BCUT2D eigenvalue weighted by Crippen LogP contribution is 2.24. The molecule has 1 amide bonds. The minimum absolute atomic E-state index is 0.0742. The molecule has 108 valence electrons. The van der Waals surface area contributed by atoms with Crippen molar-refractivity contribution in [3.63, 3.8) is 0 Å². The van der Waals surface area contributed by atoms with Crippen molar-refractivity contribution < 1.29 is 23.5 Å². The van der Waals surface area contributed by atoms with Gasteiger partial charge < -0.3 is 20.9 Å². The van der Waals surface area contributed by atoms with Gasteiger partial charge in [-0.25, -0.2) is 19.0 Å². The second-order valence-corrected chi connectivity index (χ2v) is 3.87. The van der Waals surface area contributed by atoms with Crippen molar-refractivity contribution >= 4 is 17.7 Å². The summed E-state index contributed by atoms with van der Waals surface area (Å²) in [6.45, 7) is 0. The first-order chi connectivity index (χ1) is 9.95. The van der Waals surface area contributed by atoms with E-state index in [0.29, 0.717) is 0 Å². The number of rotatable bonds is 3. The van der Waals surface area contributed by atoms with Gasteiger partial charge in [0, 0.05) is 18.3 Å². The Balaban J connectivity index is 2.19. The zero-order valence-corrected chi connectivity index (χ0v) is 10.6. The predicted molar refractivity (Wildman–Crippen MR) is 70.1 cm³/mol. The summed E-state index contributed by atoms with van der Waals surface area (Å²) >= 11 is 0. The molecule has 0 radical (unpaired) electrons. The minimum atomic E-state index is -1.24. The van der Waals surface area contributed by atoms with Crippen LogP contribution in [0.5, 0.6) is 11.5 Å². The van der Waals surface area contributed by atoms with Crippen LogP contribution >= 0.6 is 0 Å². The number of aromatic nitrogens is 1. The molecule has 1 aromatic heterocycles. The van der Waals surface area contributed by atoms with Gasteiger partial charge in [-0.3, -0.25) is 0 Å². The van der Waals surface area contributed by atoms with Crippen LogP contribution in [0.4, 0.5) is 14.9 Å². The van der Waals surface area contributed by atoms with Gasteiger partial charge in [0.1, 0.15) is 17.3 Å².